The van der Waals surface area contributed by atoms with Crippen LogP contribution in [-0.4, -0.2) is 22.8 Å². The Bertz CT molecular complexity index is 403. The molecule has 3 nitrogen and oxygen atoms in total. The number of aryl methyl sites for hydroxylation is 1. The van der Waals surface area contributed by atoms with E-state index in [0.29, 0.717) is 0 Å². The molecule has 0 radical (unpaired) electrons. The zero-order valence-electron chi connectivity index (χ0n) is 21.6. The summed E-state index contributed by atoms with van der Waals surface area (Å²) in [5.41, 5.74) is 0. The number of hydrogen-bond acceptors (Lipinski definition) is 2. The van der Waals surface area contributed by atoms with Crippen molar-refractivity contribution in [2.75, 3.05) is 13.2 Å². The normalized spacial score (nSPS) is 10.8. The highest BCUT2D eigenvalue weighted by molar-refractivity contribution is 4.73. The average molecular weight is 437 g/mol. The Morgan fingerprint density at radius 1 is 0.548 bits per heavy atom. The molecule has 0 fully saturated rings. The summed E-state index contributed by atoms with van der Waals surface area (Å²) >= 11 is 0. The fraction of sp³-hybridized carbons (Fsp3) is 0.893. The van der Waals surface area contributed by atoms with Gasteiger partial charge in [0.2, 0.25) is 0 Å². The molecule has 0 aliphatic rings. The predicted octanol–water partition coefficient (Wildman–Crippen LogP) is 9.36. The van der Waals surface area contributed by atoms with Gasteiger partial charge >= 0.3 is 0 Å². The van der Waals surface area contributed by atoms with Crippen LogP contribution in [-0.2, 0) is 11.3 Å². The molecule has 0 N–H and O–H groups in total. The lowest BCUT2D eigenvalue weighted by Crippen LogP contribution is -1.96. The van der Waals surface area contributed by atoms with Crippen molar-refractivity contribution < 1.29 is 4.74 Å². The lowest BCUT2D eigenvalue weighted by Gasteiger charge is -2.05. The molecule has 0 bridgehead atoms. The van der Waals surface area contributed by atoms with E-state index in [-0.39, 0.29) is 0 Å². The van der Waals surface area contributed by atoms with Gasteiger partial charge in [-0.2, -0.15) is 0 Å². The van der Waals surface area contributed by atoms with Crippen molar-refractivity contribution in [3.8, 4) is 0 Å². The Morgan fingerprint density at radius 2 is 1.00 bits per heavy atom. The van der Waals surface area contributed by atoms with Crippen LogP contribution in [0.5, 0.6) is 0 Å². The first-order valence-corrected chi connectivity index (χ1v) is 13.9. The third kappa shape index (κ3) is 25.3. The molecule has 0 unspecified atom stereocenters. The molecule has 1 aromatic heterocycles. The van der Waals surface area contributed by atoms with Gasteiger partial charge in [0.25, 0.3) is 0 Å². The molecule has 3 heteroatoms. The lowest BCUT2D eigenvalue weighted by molar-refractivity contribution is 0.126. The topological polar surface area (TPSA) is 27.1 Å². The van der Waals surface area contributed by atoms with Crippen molar-refractivity contribution in [3.63, 3.8) is 0 Å². The number of hydrogen-bond donors (Lipinski definition) is 0. The number of ether oxygens (including phenoxy) is 1. The molecule has 0 amide bonds. The minimum Gasteiger partial charge on any atom is -0.381 e. The van der Waals surface area contributed by atoms with Crippen molar-refractivity contribution in [1.29, 1.82) is 0 Å². The number of aromatic nitrogens is 2. The Balaban J connectivity index is 0.00000206. The van der Waals surface area contributed by atoms with Gasteiger partial charge in [-0.15, -0.1) is 0 Å². The summed E-state index contributed by atoms with van der Waals surface area (Å²) in [5, 5.41) is 0. The molecule has 0 spiro atoms. The first-order chi connectivity index (χ1) is 15.3. The molecule has 184 valence electrons. The van der Waals surface area contributed by atoms with Gasteiger partial charge in [0, 0.05) is 32.2 Å². The number of imidazole rings is 1. The highest BCUT2D eigenvalue weighted by Crippen LogP contribution is 2.13. The molecule has 0 aliphatic carbocycles. The van der Waals surface area contributed by atoms with Crippen LogP contribution in [0.15, 0.2) is 18.7 Å². The van der Waals surface area contributed by atoms with Crippen molar-refractivity contribution >= 4 is 0 Å². The second-order valence-electron chi connectivity index (χ2n) is 9.07. The maximum atomic E-state index is 5.66. The third-order valence-corrected chi connectivity index (χ3v) is 5.91. The lowest BCUT2D eigenvalue weighted by atomic mass is 10.0. The highest BCUT2D eigenvalue weighted by Gasteiger charge is 1.95. The molecule has 1 heterocycles. The van der Waals surface area contributed by atoms with Crippen LogP contribution in [0.2, 0.25) is 0 Å². The summed E-state index contributed by atoms with van der Waals surface area (Å²) in [6, 6.07) is 0. The second-order valence-corrected chi connectivity index (χ2v) is 9.07. The van der Waals surface area contributed by atoms with Crippen LogP contribution in [0.25, 0.3) is 0 Å². The SMILES string of the molecule is CCCC.CCCCCOCCCCCCCCCCCCCCCCn1ccnc1. The van der Waals surface area contributed by atoms with E-state index in [4.69, 9.17) is 4.74 Å². The van der Waals surface area contributed by atoms with Gasteiger partial charge in [0.05, 0.1) is 6.33 Å². The van der Waals surface area contributed by atoms with Gasteiger partial charge in [-0.3, -0.25) is 0 Å². The first kappa shape index (κ1) is 30.2. The summed E-state index contributed by atoms with van der Waals surface area (Å²) in [6.07, 6.45) is 31.9. The largest absolute Gasteiger partial charge is 0.381 e. The van der Waals surface area contributed by atoms with E-state index in [1.165, 1.54) is 122 Å². The van der Waals surface area contributed by atoms with Crippen molar-refractivity contribution in [2.45, 2.75) is 149 Å². The molecular formula is C28H56N2O. The van der Waals surface area contributed by atoms with E-state index in [1.54, 1.807) is 0 Å². The zero-order valence-corrected chi connectivity index (χ0v) is 21.6. The quantitative estimate of drug-likeness (QED) is 0.169. The van der Waals surface area contributed by atoms with Gasteiger partial charge in [-0.05, 0) is 19.3 Å². The van der Waals surface area contributed by atoms with Gasteiger partial charge in [0.15, 0.2) is 0 Å². The van der Waals surface area contributed by atoms with Gasteiger partial charge < -0.3 is 9.30 Å². The number of nitrogens with zero attached hydrogens (tertiary/aromatic N) is 2. The van der Waals surface area contributed by atoms with E-state index in [9.17, 15) is 0 Å². The van der Waals surface area contributed by atoms with Crippen LogP contribution >= 0.6 is 0 Å². The fourth-order valence-corrected chi connectivity index (χ4v) is 3.60. The van der Waals surface area contributed by atoms with Gasteiger partial charge in [-0.1, -0.05) is 124 Å². The van der Waals surface area contributed by atoms with Gasteiger partial charge in [0.1, 0.15) is 0 Å². The maximum absolute atomic E-state index is 5.66. The standard InChI is InChI=1S/C24H46N2O.C4H10/c1-2-3-17-22-27-23-18-15-13-11-9-7-5-4-6-8-10-12-14-16-20-26-21-19-25-24-26;1-3-4-2/h19,21,24H,2-18,20,22-23H2,1H3;3-4H2,1-2H3. The first-order valence-electron chi connectivity index (χ1n) is 13.9. The van der Waals surface area contributed by atoms with E-state index in [2.05, 4.69) is 36.5 Å². The summed E-state index contributed by atoms with van der Waals surface area (Å²) in [5.74, 6) is 0. The Labute approximate surface area is 195 Å². The van der Waals surface area contributed by atoms with E-state index >= 15 is 0 Å². The summed E-state index contributed by atoms with van der Waals surface area (Å²) in [6.45, 7) is 9.69. The molecule has 0 atom stereocenters. The van der Waals surface area contributed by atoms with E-state index in [1.807, 2.05) is 12.5 Å². The summed E-state index contributed by atoms with van der Waals surface area (Å²) < 4.78 is 7.85. The number of rotatable bonds is 22. The van der Waals surface area contributed by atoms with E-state index < -0.39 is 0 Å². The molecule has 1 rings (SSSR count). The van der Waals surface area contributed by atoms with Crippen LogP contribution in [0, 0.1) is 0 Å². The highest BCUT2D eigenvalue weighted by atomic mass is 16.5. The Hall–Kier alpha value is -0.830. The Morgan fingerprint density at radius 3 is 1.42 bits per heavy atom. The van der Waals surface area contributed by atoms with Crippen molar-refractivity contribution in [1.82, 2.24) is 9.55 Å². The van der Waals surface area contributed by atoms with E-state index in [0.717, 1.165) is 19.8 Å². The fourth-order valence-electron chi connectivity index (χ4n) is 3.60. The molecule has 31 heavy (non-hydrogen) atoms. The van der Waals surface area contributed by atoms with Crippen LogP contribution in [0.3, 0.4) is 0 Å². The monoisotopic (exact) mass is 436 g/mol. The molecule has 0 saturated carbocycles. The molecule has 0 aliphatic heterocycles. The van der Waals surface area contributed by atoms with Crippen LogP contribution < -0.4 is 0 Å². The average Bonchev–Trinajstić information content (AvgIpc) is 3.31. The summed E-state index contributed by atoms with van der Waals surface area (Å²) in [4.78, 5) is 4.08. The second kappa shape index (κ2) is 27.2. The van der Waals surface area contributed by atoms with Crippen LogP contribution in [0.4, 0.5) is 0 Å². The smallest absolute Gasteiger partial charge is 0.0945 e. The molecule has 0 saturated heterocycles. The minimum absolute atomic E-state index is 0.972. The van der Waals surface area contributed by atoms with Crippen molar-refractivity contribution in [3.05, 3.63) is 18.7 Å². The third-order valence-electron chi connectivity index (χ3n) is 5.91. The Kier molecular flexibility index (Phi) is 26.5. The van der Waals surface area contributed by atoms with Crippen LogP contribution in [0.1, 0.15) is 143 Å². The zero-order chi connectivity index (χ0) is 22.7. The summed E-state index contributed by atoms with van der Waals surface area (Å²) in [7, 11) is 0. The minimum atomic E-state index is 0.972. The molecular weight excluding hydrogens is 380 g/mol. The maximum Gasteiger partial charge on any atom is 0.0945 e. The molecule has 1 aromatic rings. The van der Waals surface area contributed by atoms with Gasteiger partial charge in [-0.25, -0.2) is 4.98 Å². The predicted molar refractivity (Wildman–Crippen MR) is 138 cm³/mol. The number of unbranched alkanes of at least 4 members (excludes halogenated alkanes) is 16. The molecule has 0 aromatic carbocycles. The van der Waals surface area contributed by atoms with Crippen molar-refractivity contribution in [2.24, 2.45) is 0 Å².